The minimum atomic E-state index is -1.29. The van der Waals surface area contributed by atoms with Gasteiger partial charge in [0.25, 0.3) is 0 Å². The van der Waals surface area contributed by atoms with Gasteiger partial charge in [0.15, 0.2) is 0 Å². The van der Waals surface area contributed by atoms with Crippen molar-refractivity contribution < 1.29 is 19.0 Å². The molecule has 140 valence electrons. The molecule has 1 aliphatic carbocycles. The van der Waals surface area contributed by atoms with E-state index in [1.54, 1.807) is 10.6 Å². The van der Waals surface area contributed by atoms with E-state index in [-0.39, 0.29) is 23.1 Å². The molecule has 3 rings (SSSR count). The van der Waals surface area contributed by atoms with E-state index in [1.165, 1.54) is 6.20 Å². The Labute approximate surface area is 150 Å². The minimum Gasteiger partial charge on any atom is -0.477 e. The molecule has 0 bridgehead atoms. The molecule has 0 unspecified atom stereocenters. The average Bonchev–Trinajstić information content (AvgIpc) is 3.40. The number of carbonyl (C=O) groups is 1. The molecule has 0 radical (unpaired) electrons. The second-order valence-electron chi connectivity index (χ2n) is 6.86. The third-order valence-electron chi connectivity index (χ3n) is 4.38. The lowest BCUT2D eigenvalue weighted by molar-refractivity contribution is 0.0694. The van der Waals surface area contributed by atoms with Gasteiger partial charge in [-0.05, 0) is 45.2 Å². The first-order valence-corrected chi connectivity index (χ1v) is 8.85. The maximum atomic E-state index is 14.4. The molecule has 0 aliphatic heterocycles. The molecule has 2 aromatic rings. The van der Waals surface area contributed by atoms with Gasteiger partial charge in [-0.15, -0.1) is 0 Å². The number of fused-ring (bicyclic) bond motifs is 1. The zero-order valence-electron chi connectivity index (χ0n) is 14.9. The number of benzene rings is 1. The third kappa shape index (κ3) is 3.88. The van der Waals surface area contributed by atoms with Crippen LogP contribution in [0.5, 0.6) is 0 Å². The van der Waals surface area contributed by atoms with Gasteiger partial charge in [0.2, 0.25) is 5.43 Å². The van der Waals surface area contributed by atoms with Crippen LogP contribution < -0.4 is 10.7 Å². The van der Waals surface area contributed by atoms with Crippen LogP contribution in [-0.4, -0.2) is 34.9 Å². The number of carboxylic acid groups (broad SMARTS) is 1. The van der Waals surface area contributed by atoms with Crippen molar-refractivity contribution in [2.45, 2.75) is 45.3 Å². The van der Waals surface area contributed by atoms with Crippen LogP contribution in [0.15, 0.2) is 23.1 Å². The van der Waals surface area contributed by atoms with Crippen molar-refractivity contribution in [3.63, 3.8) is 0 Å². The number of pyridine rings is 1. The highest BCUT2D eigenvalue weighted by Gasteiger charge is 2.27. The molecule has 1 saturated carbocycles. The van der Waals surface area contributed by atoms with E-state index in [2.05, 4.69) is 5.32 Å². The Bertz CT molecular complexity index is 887. The molecule has 0 saturated heterocycles. The molecular formula is C19H23FN2O4. The normalized spacial score (nSPS) is 14.2. The van der Waals surface area contributed by atoms with Gasteiger partial charge in [0.1, 0.15) is 11.4 Å². The largest absolute Gasteiger partial charge is 0.477 e. The fourth-order valence-electron chi connectivity index (χ4n) is 2.93. The van der Waals surface area contributed by atoms with Gasteiger partial charge in [-0.3, -0.25) is 4.79 Å². The average molecular weight is 362 g/mol. The highest BCUT2D eigenvalue weighted by atomic mass is 19.1. The molecular weight excluding hydrogens is 339 g/mol. The lowest BCUT2D eigenvalue weighted by atomic mass is 10.1. The van der Waals surface area contributed by atoms with E-state index in [0.717, 1.165) is 25.3 Å². The zero-order chi connectivity index (χ0) is 18.8. The first-order valence-electron chi connectivity index (χ1n) is 8.85. The van der Waals surface area contributed by atoms with Gasteiger partial charge in [-0.25, -0.2) is 9.18 Å². The van der Waals surface area contributed by atoms with Crippen molar-refractivity contribution in [3.05, 3.63) is 39.9 Å². The fourth-order valence-corrected chi connectivity index (χ4v) is 2.93. The summed E-state index contributed by atoms with van der Waals surface area (Å²) in [6.45, 7) is 5.03. The maximum Gasteiger partial charge on any atom is 0.341 e. The molecule has 0 amide bonds. The van der Waals surface area contributed by atoms with Gasteiger partial charge >= 0.3 is 5.97 Å². The Morgan fingerprint density at radius 2 is 2.15 bits per heavy atom. The van der Waals surface area contributed by atoms with Crippen molar-refractivity contribution in [2.24, 2.45) is 0 Å². The van der Waals surface area contributed by atoms with Crippen LogP contribution in [0.1, 0.15) is 49.5 Å². The van der Waals surface area contributed by atoms with E-state index >= 15 is 0 Å². The Hall–Kier alpha value is -2.41. The summed E-state index contributed by atoms with van der Waals surface area (Å²) in [5.41, 5.74) is -0.112. The van der Waals surface area contributed by atoms with Crippen LogP contribution in [0.2, 0.25) is 0 Å². The number of anilines is 1. The number of ether oxygens (including phenoxy) is 1. The number of aromatic nitrogens is 1. The molecule has 1 heterocycles. The Morgan fingerprint density at radius 1 is 1.42 bits per heavy atom. The zero-order valence-corrected chi connectivity index (χ0v) is 14.9. The van der Waals surface area contributed by atoms with Crippen molar-refractivity contribution in [2.75, 3.05) is 18.5 Å². The molecule has 1 fully saturated rings. The summed E-state index contributed by atoms with van der Waals surface area (Å²) in [6.07, 6.45) is 4.10. The standard InChI is InChI=1S/C19H23FN2O4/c1-11(2)26-7-3-6-21-16-9-17-13(8-15(16)20)18(23)14(19(24)25)10-22(17)12-4-5-12/h8-12,21H,3-7H2,1-2H3,(H,24,25). The summed E-state index contributed by atoms with van der Waals surface area (Å²) >= 11 is 0. The van der Waals surface area contributed by atoms with Crippen LogP contribution >= 0.6 is 0 Å². The van der Waals surface area contributed by atoms with Crippen LogP contribution in [0.25, 0.3) is 10.9 Å². The van der Waals surface area contributed by atoms with Crippen molar-refractivity contribution in [1.29, 1.82) is 0 Å². The molecule has 0 atom stereocenters. The highest BCUT2D eigenvalue weighted by Crippen LogP contribution is 2.37. The lowest BCUT2D eigenvalue weighted by Crippen LogP contribution is -2.19. The van der Waals surface area contributed by atoms with Crippen LogP contribution in [-0.2, 0) is 4.74 Å². The maximum absolute atomic E-state index is 14.4. The lowest BCUT2D eigenvalue weighted by Gasteiger charge is -2.14. The number of nitrogens with zero attached hydrogens (tertiary/aromatic N) is 1. The predicted molar refractivity (Wildman–Crippen MR) is 97.6 cm³/mol. The summed E-state index contributed by atoms with van der Waals surface area (Å²) in [5.74, 6) is -1.86. The molecule has 26 heavy (non-hydrogen) atoms. The smallest absolute Gasteiger partial charge is 0.341 e. The fraction of sp³-hybridized carbons (Fsp3) is 0.474. The van der Waals surface area contributed by atoms with Crippen molar-refractivity contribution in [1.82, 2.24) is 4.57 Å². The summed E-state index contributed by atoms with van der Waals surface area (Å²) in [5, 5.41) is 12.4. The first-order chi connectivity index (χ1) is 12.4. The van der Waals surface area contributed by atoms with E-state index in [9.17, 15) is 19.1 Å². The molecule has 2 N–H and O–H groups in total. The predicted octanol–water partition coefficient (Wildman–Crippen LogP) is 3.40. The molecule has 1 aromatic heterocycles. The Morgan fingerprint density at radius 3 is 2.77 bits per heavy atom. The van der Waals surface area contributed by atoms with Gasteiger partial charge < -0.3 is 19.7 Å². The highest BCUT2D eigenvalue weighted by molar-refractivity contribution is 5.93. The van der Waals surface area contributed by atoms with Crippen LogP contribution in [0.3, 0.4) is 0 Å². The quantitative estimate of drug-likeness (QED) is 0.704. The van der Waals surface area contributed by atoms with E-state index in [4.69, 9.17) is 4.74 Å². The molecule has 1 aliphatic rings. The molecule has 6 nitrogen and oxygen atoms in total. The van der Waals surface area contributed by atoms with E-state index in [0.29, 0.717) is 24.4 Å². The number of halogens is 1. The van der Waals surface area contributed by atoms with Crippen molar-refractivity contribution in [3.8, 4) is 0 Å². The second kappa shape index (κ2) is 7.45. The monoisotopic (exact) mass is 362 g/mol. The Balaban J connectivity index is 1.91. The minimum absolute atomic E-state index is 0.1000. The SMILES string of the molecule is CC(C)OCCCNc1cc2c(cc1F)c(=O)c(C(=O)O)cn2C1CC1. The van der Waals surface area contributed by atoms with E-state index < -0.39 is 17.2 Å². The Kier molecular flexibility index (Phi) is 5.27. The van der Waals surface area contributed by atoms with Gasteiger partial charge in [0.05, 0.1) is 17.3 Å². The number of carboxylic acids is 1. The van der Waals surface area contributed by atoms with Crippen molar-refractivity contribution >= 4 is 22.6 Å². The van der Waals surface area contributed by atoms with Gasteiger partial charge in [-0.2, -0.15) is 0 Å². The van der Waals surface area contributed by atoms with Crippen LogP contribution in [0, 0.1) is 5.82 Å². The van der Waals surface area contributed by atoms with Gasteiger partial charge in [-0.1, -0.05) is 0 Å². The molecule has 0 spiro atoms. The second-order valence-corrected chi connectivity index (χ2v) is 6.86. The first kappa shape index (κ1) is 18.4. The molecule has 7 heteroatoms. The topological polar surface area (TPSA) is 80.6 Å². The summed E-state index contributed by atoms with van der Waals surface area (Å²) in [7, 11) is 0. The summed E-state index contributed by atoms with van der Waals surface area (Å²) < 4.78 is 21.7. The van der Waals surface area contributed by atoms with Gasteiger partial charge in [0, 0.05) is 30.8 Å². The number of hydrogen-bond donors (Lipinski definition) is 2. The number of rotatable bonds is 8. The number of hydrogen-bond acceptors (Lipinski definition) is 4. The van der Waals surface area contributed by atoms with Crippen LogP contribution in [0.4, 0.5) is 10.1 Å². The van der Waals surface area contributed by atoms with E-state index in [1.807, 2.05) is 13.8 Å². The number of aromatic carboxylic acids is 1. The summed E-state index contributed by atoms with van der Waals surface area (Å²) in [4.78, 5) is 23.7. The summed E-state index contributed by atoms with van der Waals surface area (Å²) in [6, 6.07) is 2.89. The number of nitrogens with one attached hydrogen (secondary N) is 1. The third-order valence-corrected chi connectivity index (χ3v) is 4.38. The molecule has 1 aromatic carbocycles.